The van der Waals surface area contributed by atoms with Crippen molar-refractivity contribution in [2.75, 3.05) is 6.67 Å². The van der Waals surface area contributed by atoms with E-state index in [0.717, 1.165) is 36.5 Å². The van der Waals surface area contributed by atoms with Gasteiger partial charge in [0.1, 0.15) is 5.78 Å². The van der Waals surface area contributed by atoms with Gasteiger partial charge in [-0.25, -0.2) is 0 Å². The first-order chi connectivity index (χ1) is 11.0. The number of halogens is 1. The SMILES string of the molecule is CCCC1C(CCF)CCC2C1CCC1(C)C(C(C)=O)CCC21. The zero-order chi connectivity index (χ0) is 16.6. The highest BCUT2D eigenvalue weighted by molar-refractivity contribution is 5.79. The van der Waals surface area contributed by atoms with Crippen molar-refractivity contribution in [1.29, 1.82) is 0 Å². The number of Topliss-reactive ketones (excluding diaryl/α,β-unsaturated/α-hetero) is 1. The Kier molecular flexibility index (Phi) is 5.18. The summed E-state index contributed by atoms with van der Waals surface area (Å²) in [6.07, 6.45) is 10.7. The van der Waals surface area contributed by atoms with Crippen LogP contribution in [0.25, 0.3) is 0 Å². The number of carbonyl (C=O) groups excluding carboxylic acids is 1. The monoisotopic (exact) mass is 322 g/mol. The molecule has 132 valence electrons. The Bertz CT molecular complexity index is 434. The number of ketones is 1. The summed E-state index contributed by atoms with van der Waals surface area (Å²) in [4.78, 5) is 12.1. The normalized spacial score (nSPS) is 46.3. The summed E-state index contributed by atoms with van der Waals surface area (Å²) in [6, 6.07) is 0. The van der Waals surface area contributed by atoms with Gasteiger partial charge in [0.15, 0.2) is 0 Å². The molecule has 0 spiro atoms. The van der Waals surface area contributed by atoms with E-state index in [9.17, 15) is 9.18 Å². The lowest BCUT2D eigenvalue weighted by molar-refractivity contribution is -0.127. The van der Waals surface area contributed by atoms with Crippen molar-refractivity contribution < 1.29 is 9.18 Å². The highest BCUT2D eigenvalue weighted by atomic mass is 19.1. The van der Waals surface area contributed by atoms with Gasteiger partial charge in [0.05, 0.1) is 6.67 Å². The zero-order valence-corrected chi connectivity index (χ0v) is 15.3. The lowest BCUT2D eigenvalue weighted by atomic mass is 9.50. The molecule has 0 aromatic carbocycles. The summed E-state index contributed by atoms with van der Waals surface area (Å²) < 4.78 is 13.0. The van der Waals surface area contributed by atoms with Gasteiger partial charge in [-0.2, -0.15) is 0 Å². The number of rotatable bonds is 5. The molecule has 0 aromatic rings. The summed E-state index contributed by atoms with van der Waals surface area (Å²) in [5.74, 6) is 4.47. The van der Waals surface area contributed by atoms with Gasteiger partial charge in [0.25, 0.3) is 0 Å². The van der Waals surface area contributed by atoms with Crippen LogP contribution in [-0.2, 0) is 4.79 Å². The minimum atomic E-state index is -0.143. The van der Waals surface area contributed by atoms with Gasteiger partial charge >= 0.3 is 0 Å². The average molecular weight is 323 g/mol. The fourth-order valence-electron chi connectivity index (χ4n) is 7.18. The molecule has 3 aliphatic carbocycles. The second-order valence-corrected chi connectivity index (χ2v) is 8.99. The predicted octanol–water partition coefficient (Wildman–Crippen LogP) is 5.82. The molecule has 0 bridgehead atoms. The highest BCUT2D eigenvalue weighted by Crippen LogP contribution is 2.63. The maximum atomic E-state index is 13.0. The number of fused-ring (bicyclic) bond motifs is 3. The van der Waals surface area contributed by atoms with Crippen molar-refractivity contribution in [3.8, 4) is 0 Å². The molecule has 3 aliphatic rings. The fraction of sp³-hybridized carbons (Fsp3) is 0.952. The molecule has 0 amide bonds. The third kappa shape index (κ3) is 2.89. The molecule has 3 rings (SSSR count). The van der Waals surface area contributed by atoms with Gasteiger partial charge in [-0.05, 0) is 86.9 Å². The van der Waals surface area contributed by atoms with Gasteiger partial charge in [0, 0.05) is 5.92 Å². The van der Waals surface area contributed by atoms with Gasteiger partial charge in [-0.15, -0.1) is 0 Å². The Hall–Kier alpha value is -0.400. The molecule has 0 heterocycles. The Morgan fingerprint density at radius 1 is 1.09 bits per heavy atom. The van der Waals surface area contributed by atoms with Crippen molar-refractivity contribution in [3.63, 3.8) is 0 Å². The van der Waals surface area contributed by atoms with Crippen LogP contribution in [0, 0.1) is 40.9 Å². The highest BCUT2D eigenvalue weighted by Gasteiger charge is 2.57. The third-order valence-electron chi connectivity index (χ3n) is 8.11. The molecule has 1 nitrogen and oxygen atoms in total. The van der Waals surface area contributed by atoms with E-state index < -0.39 is 0 Å². The van der Waals surface area contributed by atoms with E-state index in [2.05, 4.69) is 13.8 Å². The van der Waals surface area contributed by atoms with Crippen molar-refractivity contribution in [2.45, 2.75) is 78.6 Å². The van der Waals surface area contributed by atoms with Crippen LogP contribution in [0.2, 0.25) is 0 Å². The van der Waals surface area contributed by atoms with Crippen LogP contribution in [0.15, 0.2) is 0 Å². The van der Waals surface area contributed by atoms with Gasteiger partial charge < -0.3 is 0 Å². The molecule has 0 N–H and O–H groups in total. The van der Waals surface area contributed by atoms with Gasteiger partial charge in [-0.3, -0.25) is 9.18 Å². The van der Waals surface area contributed by atoms with E-state index in [4.69, 9.17) is 0 Å². The number of hydrogen-bond donors (Lipinski definition) is 0. The van der Waals surface area contributed by atoms with Crippen LogP contribution in [0.4, 0.5) is 4.39 Å². The van der Waals surface area contributed by atoms with Crippen molar-refractivity contribution >= 4 is 5.78 Å². The van der Waals surface area contributed by atoms with E-state index in [-0.39, 0.29) is 12.1 Å². The molecular weight excluding hydrogens is 287 g/mol. The second-order valence-electron chi connectivity index (χ2n) is 8.99. The average Bonchev–Trinajstić information content (AvgIpc) is 2.87. The zero-order valence-electron chi connectivity index (χ0n) is 15.3. The van der Waals surface area contributed by atoms with E-state index in [1.807, 2.05) is 6.92 Å². The third-order valence-corrected chi connectivity index (χ3v) is 8.11. The molecule has 3 saturated carbocycles. The van der Waals surface area contributed by atoms with Crippen LogP contribution in [0.1, 0.15) is 78.6 Å². The topological polar surface area (TPSA) is 17.1 Å². The van der Waals surface area contributed by atoms with E-state index in [0.29, 0.717) is 17.6 Å². The fourth-order valence-corrected chi connectivity index (χ4v) is 7.18. The van der Waals surface area contributed by atoms with E-state index in [1.165, 1.54) is 44.9 Å². The Labute approximate surface area is 141 Å². The van der Waals surface area contributed by atoms with Crippen molar-refractivity contribution in [1.82, 2.24) is 0 Å². The maximum Gasteiger partial charge on any atom is 0.133 e. The molecule has 7 atom stereocenters. The number of alkyl halides is 1. The minimum absolute atomic E-state index is 0.143. The van der Waals surface area contributed by atoms with Gasteiger partial charge in [0.2, 0.25) is 0 Å². The second kappa shape index (κ2) is 6.84. The number of hydrogen-bond acceptors (Lipinski definition) is 1. The first kappa shape index (κ1) is 17.4. The van der Waals surface area contributed by atoms with Crippen molar-refractivity contribution in [3.05, 3.63) is 0 Å². The Morgan fingerprint density at radius 3 is 2.52 bits per heavy atom. The standard InChI is InChI=1S/C21H35FO/c1-4-5-16-15(11-13-22)6-7-18-17(16)10-12-21(3)19(14(2)23)8-9-20(18)21/h15-20H,4-13H2,1-3H3. The van der Waals surface area contributed by atoms with Crippen molar-refractivity contribution in [2.24, 2.45) is 40.9 Å². The van der Waals surface area contributed by atoms with Gasteiger partial charge in [-0.1, -0.05) is 26.7 Å². The van der Waals surface area contributed by atoms with Crippen LogP contribution < -0.4 is 0 Å². The lowest BCUT2D eigenvalue weighted by Gasteiger charge is -2.54. The van der Waals surface area contributed by atoms with Crippen LogP contribution in [0.5, 0.6) is 0 Å². The summed E-state index contributed by atoms with van der Waals surface area (Å²) in [7, 11) is 0. The summed E-state index contributed by atoms with van der Waals surface area (Å²) >= 11 is 0. The molecule has 3 fully saturated rings. The summed E-state index contributed by atoms with van der Waals surface area (Å²) in [6.45, 7) is 6.36. The number of carbonyl (C=O) groups is 1. The predicted molar refractivity (Wildman–Crippen MR) is 92.9 cm³/mol. The molecule has 0 aromatic heterocycles. The Morgan fingerprint density at radius 2 is 1.87 bits per heavy atom. The maximum absolute atomic E-state index is 13.0. The molecular formula is C21H35FO. The largest absolute Gasteiger partial charge is 0.300 e. The molecule has 7 unspecified atom stereocenters. The molecule has 0 aliphatic heterocycles. The van der Waals surface area contributed by atoms with E-state index >= 15 is 0 Å². The smallest absolute Gasteiger partial charge is 0.133 e. The minimum Gasteiger partial charge on any atom is -0.300 e. The quantitative estimate of drug-likeness (QED) is 0.623. The lowest BCUT2D eigenvalue weighted by Crippen LogP contribution is -2.48. The first-order valence-corrected chi connectivity index (χ1v) is 10.1. The molecule has 2 heteroatoms. The van der Waals surface area contributed by atoms with Crippen LogP contribution in [-0.4, -0.2) is 12.5 Å². The summed E-state index contributed by atoms with van der Waals surface area (Å²) in [5.41, 5.74) is 0.261. The Balaban J connectivity index is 1.81. The summed E-state index contributed by atoms with van der Waals surface area (Å²) in [5, 5.41) is 0. The van der Waals surface area contributed by atoms with Crippen LogP contribution >= 0.6 is 0 Å². The molecule has 0 radical (unpaired) electrons. The molecule has 23 heavy (non-hydrogen) atoms. The molecule has 0 saturated heterocycles. The van der Waals surface area contributed by atoms with E-state index in [1.54, 1.807) is 0 Å². The first-order valence-electron chi connectivity index (χ1n) is 10.1. The van der Waals surface area contributed by atoms with Crippen LogP contribution in [0.3, 0.4) is 0 Å².